The monoisotopic (exact) mass is 333 g/mol. The molecule has 25 heavy (non-hydrogen) atoms. The van der Waals surface area contributed by atoms with Crippen molar-refractivity contribution in [3.8, 4) is 34.5 Å². The largest absolute Gasteiger partial charge is 0.477 e. The number of hydrogen-bond donors (Lipinski definition) is 0. The SMILES string of the molecule is CCOc1nc(-c2cc(C)ccn2)cc(-c2ccc(F)cc2)c1C#N. The fourth-order valence-electron chi connectivity index (χ4n) is 2.54. The third kappa shape index (κ3) is 3.48. The van der Waals surface area contributed by atoms with Crippen LogP contribution in [0, 0.1) is 24.1 Å². The fourth-order valence-corrected chi connectivity index (χ4v) is 2.54. The van der Waals surface area contributed by atoms with Gasteiger partial charge in [-0.2, -0.15) is 5.26 Å². The van der Waals surface area contributed by atoms with Crippen LogP contribution < -0.4 is 4.74 Å². The van der Waals surface area contributed by atoms with Crippen molar-refractivity contribution in [1.82, 2.24) is 9.97 Å². The summed E-state index contributed by atoms with van der Waals surface area (Å²) in [6.07, 6.45) is 1.71. The lowest BCUT2D eigenvalue weighted by atomic mass is 9.99. The third-order valence-electron chi connectivity index (χ3n) is 3.71. The quantitative estimate of drug-likeness (QED) is 0.704. The second-order valence-corrected chi connectivity index (χ2v) is 5.51. The smallest absolute Gasteiger partial charge is 0.232 e. The number of nitrogens with zero attached hydrogens (tertiary/aromatic N) is 3. The van der Waals surface area contributed by atoms with Crippen LogP contribution in [-0.4, -0.2) is 16.6 Å². The van der Waals surface area contributed by atoms with E-state index in [0.29, 0.717) is 29.1 Å². The predicted molar refractivity (Wildman–Crippen MR) is 93.5 cm³/mol. The summed E-state index contributed by atoms with van der Waals surface area (Å²) in [5.41, 5.74) is 4.02. The van der Waals surface area contributed by atoms with Crippen molar-refractivity contribution in [1.29, 1.82) is 5.26 Å². The van der Waals surface area contributed by atoms with Crippen LogP contribution in [0.4, 0.5) is 4.39 Å². The molecule has 0 aliphatic heterocycles. The average Bonchev–Trinajstić information content (AvgIpc) is 2.62. The van der Waals surface area contributed by atoms with Gasteiger partial charge in [0, 0.05) is 11.8 Å². The topological polar surface area (TPSA) is 58.8 Å². The number of nitriles is 1. The fraction of sp³-hybridized carbons (Fsp3) is 0.150. The van der Waals surface area contributed by atoms with E-state index in [1.54, 1.807) is 24.4 Å². The van der Waals surface area contributed by atoms with Crippen molar-refractivity contribution in [2.45, 2.75) is 13.8 Å². The molecule has 1 aromatic carbocycles. The molecule has 0 aliphatic carbocycles. The first-order chi connectivity index (χ1) is 12.1. The van der Waals surface area contributed by atoms with Crippen molar-refractivity contribution in [2.75, 3.05) is 6.61 Å². The molecule has 0 radical (unpaired) electrons. The molecule has 0 fully saturated rings. The Morgan fingerprint density at radius 2 is 1.88 bits per heavy atom. The lowest BCUT2D eigenvalue weighted by Gasteiger charge is -2.12. The molecule has 0 amide bonds. The van der Waals surface area contributed by atoms with Gasteiger partial charge in [-0.3, -0.25) is 4.98 Å². The van der Waals surface area contributed by atoms with Crippen molar-refractivity contribution in [2.24, 2.45) is 0 Å². The van der Waals surface area contributed by atoms with E-state index in [0.717, 1.165) is 11.1 Å². The maximum Gasteiger partial charge on any atom is 0.232 e. The van der Waals surface area contributed by atoms with Crippen LogP contribution in [0.3, 0.4) is 0 Å². The summed E-state index contributed by atoms with van der Waals surface area (Å²) in [6, 6.07) is 13.7. The molecule has 2 aromatic heterocycles. The second kappa shape index (κ2) is 7.10. The van der Waals surface area contributed by atoms with Crippen LogP contribution in [0.5, 0.6) is 5.88 Å². The maximum absolute atomic E-state index is 13.3. The summed E-state index contributed by atoms with van der Waals surface area (Å²) in [5, 5.41) is 9.59. The molecule has 0 spiro atoms. The highest BCUT2D eigenvalue weighted by Gasteiger charge is 2.17. The Morgan fingerprint density at radius 1 is 1.12 bits per heavy atom. The lowest BCUT2D eigenvalue weighted by Crippen LogP contribution is -2.01. The number of halogens is 1. The van der Waals surface area contributed by atoms with Crippen LogP contribution in [0.15, 0.2) is 48.7 Å². The van der Waals surface area contributed by atoms with Gasteiger partial charge in [0.15, 0.2) is 0 Å². The molecule has 5 heteroatoms. The van der Waals surface area contributed by atoms with Crippen LogP contribution in [0.25, 0.3) is 22.5 Å². The van der Waals surface area contributed by atoms with Crippen molar-refractivity contribution < 1.29 is 9.13 Å². The molecule has 0 bridgehead atoms. The second-order valence-electron chi connectivity index (χ2n) is 5.51. The number of aromatic nitrogens is 2. The maximum atomic E-state index is 13.3. The van der Waals surface area contributed by atoms with Gasteiger partial charge in [-0.05, 0) is 55.3 Å². The van der Waals surface area contributed by atoms with Gasteiger partial charge in [-0.25, -0.2) is 9.37 Å². The van der Waals surface area contributed by atoms with E-state index in [4.69, 9.17) is 4.74 Å². The standard InChI is InChI=1S/C20H16FN3O/c1-3-25-20-17(12-22)16(14-4-6-15(21)7-5-14)11-19(24-20)18-10-13(2)8-9-23-18/h4-11H,3H2,1-2H3. The minimum Gasteiger partial charge on any atom is -0.477 e. The van der Waals surface area contributed by atoms with Gasteiger partial charge in [-0.1, -0.05) is 12.1 Å². The minimum absolute atomic E-state index is 0.255. The van der Waals surface area contributed by atoms with Gasteiger partial charge in [0.2, 0.25) is 5.88 Å². The highest BCUT2D eigenvalue weighted by molar-refractivity contribution is 5.77. The first kappa shape index (κ1) is 16.6. The molecule has 0 saturated heterocycles. The Kier molecular flexibility index (Phi) is 4.71. The van der Waals surface area contributed by atoms with Gasteiger partial charge >= 0.3 is 0 Å². The molecule has 3 aromatic rings. The number of hydrogen-bond acceptors (Lipinski definition) is 4. The van der Waals surface area contributed by atoms with E-state index in [-0.39, 0.29) is 11.7 Å². The summed E-state index contributed by atoms with van der Waals surface area (Å²) < 4.78 is 18.8. The van der Waals surface area contributed by atoms with E-state index in [2.05, 4.69) is 16.0 Å². The minimum atomic E-state index is -0.332. The van der Waals surface area contributed by atoms with Gasteiger partial charge in [0.05, 0.1) is 18.0 Å². The Morgan fingerprint density at radius 3 is 2.52 bits per heavy atom. The average molecular weight is 333 g/mol. The molecular weight excluding hydrogens is 317 g/mol. The summed E-state index contributed by atoms with van der Waals surface area (Å²) in [7, 11) is 0. The number of ether oxygens (including phenoxy) is 1. The Hall–Kier alpha value is -3.26. The molecule has 0 atom stereocenters. The van der Waals surface area contributed by atoms with E-state index >= 15 is 0 Å². The van der Waals surface area contributed by atoms with Gasteiger partial charge in [-0.15, -0.1) is 0 Å². The third-order valence-corrected chi connectivity index (χ3v) is 3.71. The Labute approximate surface area is 145 Å². The highest BCUT2D eigenvalue weighted by Crippen LogP contribution is 2.33. The lowest BCUT2D eigenvalue weighted by molar-refractivity contribution is 0.326. The van der Waals surface area contributed by atoms with E-state index in [1.807, 2.05) is 26.0 Å². The van der Waals surface area contributed by atoms with Crippen molar-refractivity contribution >= 4 is 0 Å². The van der Waals surface area contributed by atoms with Crippen LogP contribution >= 0.6 is 0 Å². The number of pyridine rings is 2. The van der Waals surface area contributed by atoms with Crippen LogP contribution in [0.2, 0.25) is 0 Å². The summed E-state index contributed by atoms with van der Waals surface area (Å²) in [6.45, 7) is 4.19. The van der Waals surface area contributed by atoms with Crippen LogP contribution in [0.1, 0.15) is 18.1 Å². The first-order valence-corrected chi connectivity index (χ1v) is 7.89. The van der Waals surface area contributed by atoms with E-state index in [1.165, 1.54) is 12.1 Å². The molecule has 3 rings (SSSR count). The van der Waals surface area contributed by atoms with E-state index < -0.39 is 0 Å². The normalized spacial score (nSPS) is 10.3. The summed E-state index contributed by atoms with van der Waals surface area (Å²) in [5.74, 6) is -0.0768. The van der Waals surface area contributed by atoms with Crippen molar-refractivity contribution in [3.63, 3.8) is 0 Å². The zero-order valence-corrected chi connectivity index (χ0v) is 14.0. The Balaban J connectivity index is 2.24. The number of benzene rings is 1. The molecule has 0 saturated carbocycles. The van der Waals surface area contributed by atoms with Crippen molar-refractivity contribution in [3.05, 3.63) is 65.6 Å². The van der Waals surface area contributed by atoms with Crippen LogP contribution in [-0.2, 0) is 0 Å². The van der Waals surface area contributed by atoms with Gasteiger partial charge < -0.3 is 4.74 Å². The first-order valence-electron chi connectivity index (χ1n) is 7.89. The molecule has 0 aliphatic rings. The molecule has 0 N–H and O–H groups in total. The highest BCUT2D eigenvalue weighted by atomic mass is 19.1. The molecule has 0 unspecified atom stereocenters. The zero-order chi connectivity index (χ0) is 17.8. The van der Waals surface area contributed by atoms with Gasteiger partial charge in [0.25, 0.3) is 0 Å². The molecule has 124 valence electrons. The molecule has 4 nitrogen and oxygen atoms in total. The summed E-state index contributed by atoms with van der Waals surface area (Å²) in [4.78, 5) is 8.82. The zero-order valence-electron chi connectivity index (χ0n) is 14.0. The summed E-state index contributed by atoms with van der Waals surface area (Å²) >= 11 is 0. The number of rotatable bonds is 4. The predicted octanol–water partition coefficient (Wildman–Crippen LogP) is 4.53. The van der Waals surface area contributed by atoms with Gasteiger partial charge in [0.1, 0.15) is 17.4 Å². The Bertz CT molecular complexity index is 946. The molecule has 2 heterocycles. The van der Waals surface area contributed by atoms with E-state index in [9.17, 15) is 9.65 Å². The molecular formula is C20H16FN3O. The number of aryl methyl sites for hydroxylation is 1.